The van der Waals surface area contributed by atoms with E-state index >= 15 is 0 Å². The van der Waals surface area contributed by atoms with Crippen LogP contribution in [-0.2, 0) is 12.7 Å². The van der Waals surface area contributed by atoms with E-state index in [0.29, 0.717) is 17.6 Å². The molecule has 190 valence electrons. The fraction of sp³-hybridized carbons (Fsp3) is 0.250. The lowest BCUT2D eigenvalue weighted by Crippen LogP contribution is -2.22. The number of hydrogen-bond donors (Lipinski definition) is 1. The summed E-state index contributed by atoms with van der Waals surface area (Å²) in [4.78, 5) is 31.8. The van der Waals surface area contributed by atoms with Gasteiger partial charge in [0.25, 0.3) is 5.91 Å². The Balaban J connectivity index is 1.37. The molecule has 0 unspecified atom stereocenters. The van der Waals surface area contributed by atoms with E-state index in [4.69, 9.17) is 0 Å². The summed E-state index contributed by atoms with van der Waals surface area (Å²) in [7, 11) is 0. The Hall–Kier alpha value is -3.59. The fourth-order valence-corrected chi connectivity index (χ4v) is 4.86. The zero-order valence-electron chi connectivity index (χ0n) is 20.0. The van der Waals surface area contributed by atoms with Gasteiger partial charge in [-0.25, -0.2) is 4.98 Å². The number of ketones is 1. The van der Waals surface area contributed by atoms with E-state index in [1.165, 1.54) is 17.0 Å². The van der Waals surface area contributed by atoms with Crippen LogP contribution in [0.2, 0.25) is 0 Å². The summed E-state index contributed by atoms with van der Waals surface area (Å²) < 4.78 is 40.6. The van der Waals surface area contributed by atoms with Gasteiger partial charge in [0.2, 0.25) is 5.78 Å². The van der Waals surface area contributed by atoms with Crippen LogP contribution in [0.15, 0.2) is 71.6 Å². The summed E-state index contributed by atoms with van der Waals surface area (Å²) in [6.45, 7) is 2.47. The summed E-state index contributed by atoms with van der Waals surface area (Å²) in [6, 6.07) is 17.4. The molecule has 1 N–H and O–H groups in total. The Kier molecular flexibility index (Phi) is 6.81. The molecule has 3 aromatic carbocycles. The van der Waals surface area contributed by atoms with Crippen molar-refractivity contribution in [2.24, 2.45) is 0 Å². The van der Waals surface area contributed by atoms with Crippen LogP contribution in [0.1, 0.15) is 63.5 Å². The molecule has 0 atom stereocenters. The molecule has 1 heterocycles. The smallest absolute Gasteiger partial charge is 0.348 e. The van der Waals surface area contributed by atoms with Crippen molar-refractivity contribution in [3.05, 3.63) is 94.8 Å². The van der Waals surface area contributed by atoms with Crippen LogP contribution in [-0.4, -0.2) is 27.0 Å². The van der Waals surface area contributed by atoms with Crippen LogP contribution < -0.4 is 5.32 Å². The first-order valence-electron chi connectivity index (χ1n) is 12.0. The molecule has 0 saturated heterocycles. The van der Waals surface area contributed by atoms with Gasteiger partial charge < -0.3 is 9.88 Å². The van der Waals surface area contributed by atoms with Crippen molar-refractivity contribution in [1.29, 1.82) is 0 Å². The van der Waals surface area contributed by atoms with Gasteiger partial charge in [0, 0.05) is 28.6 Å². The zero-order chi connectivity index (χ0) is 26.2. The highest BCUT2D eigenvalue weighted by atomic mass is 32.2. The molecule has 5 rings (SSSR count). The van der Waals surface area contributed by atoms with Gasteiger partial charge in [0.15, 0.2) is 5.82 Å². The lowest BCUT2D eigenvalue weighted by molar-refractivity contribution is -0.137. The highest BCUT2D eigenvalue weighted by Crippen LogP contribution is 2.39. The van der Waals surface area contributed by atoms with E-state index in [9.17, 15) is 22.8 Å². The van der Waals surface area contributed by atoms with Crippen molar-refractivity contribution in [1.82, 2.24) is 14.9 Å². The zero-order valence-corrected chi connectivity index (χ0v) is 20.8. The molecule has 1 aromatic heterocycles. The number of rotatable bonds is 8. The standard InChI is InChI=1S/C28H24F3N3O2S/c1-2-37-22-12-3-17(4-13-22)16-32-27(36)19-7-14-24-23(15-19)33-26(34(24)21-10-11-21)25(35)18-5-8-20(9-6-18)28(29,30)31/h3-9,12-15,21H,2,10-11,16H2,1H3,(H,32,36). The normalized spacial score (nSPS) is 13.6. The lowest BCUT2D eigenvalue weighted by atomic mass is 10.1. The third-order valence-electron chi connectivity index (χ3n) is 6.23. The molecule has 0 spiro atoms. The van der Waals surface area contributed by atoms with Gasteiger partial charge >= 0.3 is 6.18 Å². The second-order valence-electron chi connectivity index (χ2n) is 8.90. The first-order chi connectivity index (χ1) is 17.7. The van der Waals surface area contributed by atoms with Crippen LogP contribution in [0.25, 0.3) is 11.0 Å². The second-order valence-corrected chi connectivity index (χ2v) is 10.2. The second kappa shape index (κ2) is 10.0. The largest absolute Gasteiger partial charge is 0.416 e. The highest BCUT2D eigenvalue weighted by molar-refractivity contribution is 7.99. The van der Waals surface area contributed by atoms with Crippen molar-refractivity contribution < 1.29 is 22.8 Å². The number of benzene rings is 3. The number of fused-ring (bicyclic) bond motifs is 1. The molecule has 1 fully saturated rings. The Bertz CT molecular complexity index is 1460. The molecule has 0 aliphatic heterocycles. The Morgan fingerprint density at radius 3 is 2.30 bits per heavy atom. The molecule has 1 saturated carbocycles. The average molecular weight is 524 g/mol. The van der Waals surface area contributed by atoms with Crippen LogP contribution >= 0.6 is 11.8 Å². The molecular weight excluding hydrogens is 499 g/mol. The number of carbonyl (C=O) groups is 2. The van der Waals surface area contributed by atoms with Crippen molar-refractivity contribution in [2.45, 2.75) is 43.4 Å². The third-order valence-corrected chi connectivity index (χ3v) is 7.12. The SMILES string of the molecule is CCSc1ccc(CNC(=O)c2ccc3c(c2)nc(C(=O)c2ccc(C(F)(F)F)cc2)n3C2CC2)cc1. The molecule has 1 amide bonds. The first kappa shape index (κ1) is 25.1. The summed E-state index contributed by atoms with van der Waals surface area (Å²) in [5.41, 5.74) is 1.93. The predicted octanol–water partition coefficient (Wildman–Crippen LogP) is 6.66. The lowest BCUT2D eigenvalue weighted by Gasteiger charge is -2.09. The van der Waals surface area contributed by atoms with Gasteiger partial charge in [-0.05, 0) is 66.6 Å². The molecule has 0 bridgehead atoms. The van der Waals surface area contributed by atoms with E-state index in [-0.39, 0.29) is 23.3 Å². The van der Waals surface area contributed by atoms with Crippen LogP contribution in [0, 0.1) is 0 Å². The van der Waals surface area contributed by atoms with Crippen molar-refractivity contribution >= 4 is 34.5 Å². The number of halogens is 3. The van der Waals surface area contributed by atoms with Gasteiger partial charge in [-0.1, -0.05) is 31.2 Å². The Labute approximate surface area is 216 Å². The number of nitrogens with one attached hydrogen (secondary N) is 1. The molecule has 1 aliphatic rings. The van der Waals surface area contributed by atoms with E-state index in [1.807, 2.05) is 28.8 Å². The quantitative estimate of drug-likeness (QED) is 0.207. The molecule has 4 aromatic rings. The topological polar surface area (TPSA) is 64.0 Å². The summed E-state index contributed by atoms with van der Waals surface area (Å²) in [6.07, 6.45) is -2.70. The number of alkyl halides is 3. The molecule has 1 aliphatic carbocycles. The number of carbonyl (C=O) groups excluding carboxylic acids is 2. The Morgan fingerprint density at radius 2 is 1.68 bits per heavy atom. The summed E-state index contributed by atoms with van der Waals surface area (Å²) in [5.74, 6) is 0.449. The molecule has 37 heavy (non-hydrogen) atoms. The minimum Gasteiger partial charge on any atom is -0.348 e. The molecule has 9 heteroatoms. The maximum atomic E-state index is 13.2. The predicted molar refractivity (Wildman–Crippen MR) is 137 cm³/mol. The van der Waals surface area contributed by atoms with Crippen LogP contribution in [0.5, 0.6) is 0 Å². The monoisotopic (exact) mass is 523 g/mol. The van der Waals surface area contributed by atoms with E-state index in [2.05, 4.69) is 17.2 Å². The summed E-state index contributed by atoms with van der Waals surface area (Å²) >= 11 is 1.75. The van der Waals surface area contributed by atoms with E-state index in [0.717, 1.165) is 41.8 Å². The number of imidazole rings is 1. The molecule has 0 radical (unpaired) electrons. The minimum atomic E-state index is -4.47. The van der Waals surface area contributed by atoms with Crippen LogP contribution in [0.3, 0.4) is 0 Å². The number of thioether (sulfide) groups is 1. The van der Waals surface area contributed by atoms with Gasteiger partial charge in [-0.2, -0.15) is 13.2 Å². The first-order valence-corrected chi connectivity index (χ1v) is 13.0. The number of amides is 1. The van der Waals surface area contributed by atoms with E-state index in [1.54, 1.807) is 30.0 Å². The number of nitrogens with zero attached hydrogens (tertiary/aromatic N) is 2. The number of hydrogen-bond acceptors (Lipinski definition) is 4. The van der Waals surface area contributed by atoms with Crippen molar-refractivity contribution in [3.63, 3.8) is 0 Å². The van der Waals surface area contributed by atoms with Gasteiger partial charge in [-0.3, -0.25) is 9.59 Å². The average Bonchev–Trinajstić information content (AvgIpc) is 3.66. The maximum absolute atomic E-state index is 13.2. The van der Waals surface area contributed by atoms with Crippen molar-refractivity contribution in [2.75, 3.05) is 5.75 Å². The van der Waals surface area contributed by atoms with Gasteiger partial charge in [0.05, 0.1) is 16.6 Å². The van der Waals surface area contributed by atoms with Gasteiger partial charge in [-0.15, -0.1) is 11.8 Å². The Morgan fingerprint density at radius 1 is 1.00 bits per heavy atom. The highest BCUT2D eigenvalue weighted by Gasteiger charge is 2.33. The summed E-state index contributed by atoms with van der Waals surface area (Å²) in [5, 5.41) is 2.91. The molecular formula is C28H24F3N3O2S. The maximum Gasteiger partial charge on any atom is 0.416 e. The number of aromatic nitrogens is 2. The third kappa shape index (κ3) is 5.41. The molecule has 5 nitrogen and oxygen atoms in total. The van der Waals surface area contributed by atoms with Crippen molar-refractivity contribution in [3.8, 4) is 0 Å². The fourth-order valence-electron chi connectivity index (χ4n) is 4.20. The van der Waals surface area contributed by atoms with Crippen LogP contribution in [0.4, 0.5) is 13.2 Å². The van der Waals surface area contributed by atoms with Gasteiger partial charge in [0.1, 0.15) is 0 Å². The minimum absolute atomic E-state index is 0.104. The van der Waals surface area contributed by atoms with E-state index < -0.39 is 17.5 Å².